The molecule has 1 unspecified atom stereocenters. The lowest BCUT2D eigenvalue weighted by atomic mass is 9.84. The summed E-state index contributed by atoms with van der Waals surface area (Å²) < 4.78 is 7.55. The Morgan fingerprint density at radius 1 is 1.15 bits per heavy atom. The van der Waals surface area contributed by atoms with Crippen molar-refractivity contribution in [2.24, 2.45) is 7.05 Å². The minimum absolute atomic E-state index is 0.0141. The molecule has 1 saturated heterocycles. The summed E-state index contributed by atoms with van der Waals surface area (Å²) in [4.78, 5) is 31.7. The van der Waals surface area contributed by atoms with Crippen molar-refractivity contribution in [2.45, 2.75) is 64.1 Å². The van der Waals surface area contributed by atoms with Crippen molar-refractivity contribution in [3.8, 4) is 0 Å². The van der Waals surface area contributed by atoms with E-state index in [9.17, 15) is 9.59 Å². The first-order valence-corrected chi connectivity index (χ1v) is 12.1. The van der Waals surface area contributed by atoms with E-state index in [1.807, 2.05) is 18.7 Å². The number of anilines is 2. The van der Waals surface area contributed by atoms with Crippen LogP contribution >= 0.6 is 9.24 Å². The molecule has 0 aliphatic carbocycles. The maximum Gasteiger partial charge on any atom is 0.332 e. The van der Waals surface area contributed by atoms with E-state index in [-0.39, 0.29) is 16.6 Å². The van der Waals surface area contributed by atoms with Gasteiger partial charge in [0.15, 0.2) is 0 Å². The Hall–Kier alpha value is -2.18. The SMILES string of the molecule is Cn1cc([B]OC(C)(C)C(C)(C)P)cc(Nc2ccc(C(=O)N3CCCCCC3)cn2)c1=O. The standard InChI is InChI=1S/C24H35BN4O3P/c1-23(2,24(3,4)33)32-25-18-14-19(22(31)28(5)16-18)27-20-11-10-17(15-26-20)21(30)29-12-8-6-7-9-13-29/h10-11,14-16H,6-9,12-13,33H2,1-5H3,(H,26,27). The molecule has 1 atom stereocenters. The zero-order chi connectivity index (χ0) is 24.2. The number of aryl methyl sites for hydroxylation is 1. The molecule has 2 aromatic heterocycles. The normalized spacial score (nSPS) is 15.2. The lowest BCUT2D eigenvalue weighted by Crippen LogP contribution is -2.45. The molecule has 1 amide bonds. The fourth-order valence-electron chi connectivity index (χ4n) is 3.45. The van der Waals surface area contributed by atoms with Crippen molar-refractivity contribution in [2.75, 3.05) is 18.4 Å². The van der Waals surface area contributed by atoms with Crippen LogP contribution in [0, 0.1) is 0 Å². The highest BCUT2D eigenvalue weighted by Gasteiger charge is 2.33. The zero-order valence-corrected chi connectivity index (χ0v) is 21.5. The molecule has 1 fully saturated rings. The maximum atomic E-state index is 12.8. The topological polar surface area (TPSA) is 76.5 Å². The molecule has 7 nitrogen and oxygen atoms in total. The van der Waals surface area contributed by atoms with E-state index < -0.39 is 5.60 Å². The molecule has 177 valence electrons. The number of hydrogen-bond donors (Lipinski definition) is 1. The Kier molecular flexibility index (Phi) is 8.02. The summed E-state index contributed by atoms with van der Waals surface area (Å²) >= 11 is 0. The summed E-state index contributed by atoms with van der Waals surface area (Å²) in [6.45, 7) is 9.82. The van der Waals surface area contributed by atoms with Crippen LogP contribution < -0.4 is 16.3 Å². The predicted octanol–water partition coefficient (Wildman–Crippen LogP) is 3.23. The fourth-order valence-corrected chi connectivity index (χ4v) is 3.52. The minimum atomic E-state index is -0.419. The second-order valence-electron chi connectivity index (χ2n) is 9.83. The van der Waals surface area contributed by atoms with Gasteiger partial charge in [-0.2, -0.15) is 0 Å². The van der Waals surface area contributed by atoms with Crippen molar-refractivity contribution in [3.63, 3.8) is 0 Å². The van der Waals surface area contributed by atoms with Gasteiger partial charge in [0.05, 0.1) is 11.2 Å². The van der Waals surface area contributed by atoms with Crippen molar-refractivity contribution in [1.82, 2.24) is 14.5 Å². The molecular formula is C24H35BN4O3P. The van der Waals surface area contributed by atoms with Crippen molar-refractivity contribution in [1.29, 1.82) is 0 Å². The van der Waals surface area contributed by atoms with Gasteiger partial charge in [-0.3, -0.25) is 9.59 Å². The van der Waals surface area contributed by atoms with Gasteiger partial charge in [-0.25, -0.2) is 4.98 Å². The summed E-state index contributed by atoms with van der Waals surface area (Å²) in [6.07, 6.45) is 7.75. The molecule has 2 aromatic rings. The number of nitrogens with one attached hydrogen (secondary N) is 1. The van der Waals surface area contributed by atoms with Crippen LogP contribution in [0.4, 0.5) is 11.5 Å². The Morgan fingerprint density at radius 3 is 2.39 bits per heavy atom. The van der Waals surface area contributed by atoms with Crippen LogP contribution in [-0.4, -0.2) is 51.7 Å². The third-order valence-corrected chi connectivity index (χ3v) is 7.11. The summed E-state index contributed by atoms with van der Waals surface area (Å²) in [5.74, 6) is 0.518. The average Bonchev–Trinajstić information content (AvgIpc) is 3.04. The van der Waals surface area contributed by atoms with Crippen molar-refractivity contribution >= 4 is 39.6 Å². The number of nitrogens with zero attached hydrogens (tertiary/aromatic N) is 3. The summed E-state index contributed by atoms with van der Waals surface area (Å²) in [7, 11) is 6.18. The smallest absolute Gasteiger partial charge is 0.332 e. The van der Waals surface area contributed by atoms with Crippen LogP contribution in [0.15, 0.2) is 35.4 Å². The van der Waals surface area contributed by atoms with Gasteiger partial charge in [-0.15, -0.1) is 9.24 Å². The van der Waals surface area contributed by atoms with Crippen molar-refractivity contribution in [3.05, 3.63) is 46.5 Å². The first kappa shape index (κ1) is 25.4. The van der Waals surface area contributed by atoms with Crippen LogP contribution in [0.5, 0.6) is 0 Å². The molecule has 1 aliphatic heterocycles. The first-order valence-electron chi connectivity index (χ1n) is 11.5. The molecule has 0 aromatic carbocycles. The highest BCUT2D eigenvalue weighted by atomic mass is 31.0. The lowest BCUT2D eigenvalue weighted by Gasteiger charge is -2.39. The third-order valence-electron chi connectivity index (χ3n) is 6.41. The van der Waals surface area contributed by atoms with Crippen LogP contribution in [0.2, 0.25) is 0 Å². The van der Waals surface area contributed by atoms with Gasteiger partial charge in [0.1, 0.15) is 11.5 Å². The molecule has 33 heavy (non-hydrogen) atoms. The van der Waals surface area contributed by atoms with E-state index in [0.717, 1.165) is 31.4 Å². The fraction of sp³-hybridized carbons (Fsp3) is 0.542. The number of aromatic nitrogens is 2. The van der Waals surface area contributed by atoms with Crippen LogP contribution in [-0.2, 0) is 11.7 Å². The van der Waals surface area contributed by atoms with Gasteiger partial charge in [0.25, 0.3) is 11.5 Å². The number of carbonyl (C=O) groups excluding carboxylic acids is 1. The summed E-state index contributed by atoms with van der Waals surface area (Å²) in [5.41, 5.74) is 1.11. The van der Waals surface area contributed by atoms with E-state index in [0.29, 0.717) is 17.1 Å². The van der Waals surface area contributed by atoms with Gasteiger partial charge in [0.2, 0.25) is 0 Å². The van der Waals surface area contributed by atoms with E-state index in [2.05, 4.69) is 33.4 Å². The molecular weight excluding hydrogens is 434 g/mol. The zero-order valence-electron chi connectivity index (χ0n) is 20.4. The Balaban J connectivity index is 1.72. The Labute approximate surface area is 199 Å². The molecule has 0 spiro atoms. The monoisotopic (exact) mass is 469 g/mol. The minimum Gasteiger partial charge on any atom is -0.429 e. The Bertz CT molecular complexity index is 1020. The number of likely N-dealkylation sites (tertiary alicyclic amines) is 1. The van der Waals surface area contributed by atoms with Gasteiger partial charge in [-0.1, -0.05) is 26.7 Å². The first-order chi connectivity index (χ1) is 15.5. The molecule has 0 saturated carbocycles. The molecule has 3 heterocycles. The highest BCUT2D eigenvalue weighted by Crippen LogP contribution is 2.33. The van der Waals surface area contributed by atoms with Gasteiger partial charge in [0, 0.05) is 37.7 Å². The number of hydrogen-bond acceptors (Lipinski definition) is 5. The molecule has 1 radical (unpaired) electrons. The molecule has 3 rings (SSSR count). The average molecular weight is 469 g/mol. The van der Waals surface area contributed by atoms with Crippen LogP contribution in [0.3, 0.4) is 0 Å². The summed E-state index contributed by atoms with van der Waals surface area (Å²) in [5, 5.41) is 2.95. The van der Waals surface area contributed by atoms with Gasteiger partial charge >= 0.3 is 7.48 Å². The predicted molar refractivity (Wildman–Crippen MR) is 138 cm³/mol. The van der Waals surface area contributed by atoms with Crippen molar-refractivity contribution < 1.29 is 9.45 Å². The molecule has 9 heteroatoms. The van der Waals surface area contributed by atoms with E-state index in [4.69, 9.17) is 4.65 Å². The lowest BCUT2D eigenvalue weighted by molar-refractivity contribution is 0.0761. The Morgan fingerprint density at radius 2 is 1.82 bits per heavy atom. The summed E-state index contributed by atoms with van der Waals surface area (Å²) in [6, 6.07) is 5.24. The highest BCUT2D eigenvalue weighted by molar-refractivity contribution is 7.19. The molecule has 0 bridgehead atoms. The second kappa shape index (κ2) is 10.4. The van der Waals surface area contributed by atoms with Crippen LogP contribution in [0.1, 0.15) is 63.7 Å². The molecule has 1 N–H and O–H groups in total. The van der Waals surface area contributed by atoms with Crippen LogP contribution in [0.25, 0.3) is 0 Å². The number of rotatable bonds is 7. The number of pyridine rings is 2. The van der Waals surface area contributed by atoms with E-state index in [1.165, 1.54) is 17.4 Å². The van der Waals surface area contributed by atoms with Gasteiger partial charge in [-0.05, 0) is 50.4 Å². The van der Waals surface area contributed by atoms with E-state index >= 15 is 0 Å². The quantitative estimate of drug-likeness (QED) is 0.498. The largest absolute Gasteiger partial charge is 0.429 e. The number of amides is 1. The third kappa shape index (κ3) is 6.45. The molecule has 1 aliphatic rings. The maximum absolute atomic E-state index is 12.8. The second-order valence-corrected chi connectivity index (χ2v) is 11.3. The van der Waals surface area contributed by atoms with Gasteiger partial charge < -0.3 is 19.4 Å². The van der Waals surface area contributed by atoms with E-state index in [1.54, 1.807) is 45.1 Å². The number of carbonyl (C=O) groups is 1.